The van der Waals surface area contributed by atoms with Crippen molar-refractivity contribution in [1.82, 2.24) is 0 Å². The number of nitrogens with two attached hydrogens (primary N) is 1. The maximum atomic E-state index is 13.7. The van der Waals surface area contributed by atoms with Crippen molar-refractivity contribution in [3.05, 3.63) is 29.6 Å². The molecule has 19 heavy (non-hydrogen) atoms. The predicted molar refractivity (Wildman–Crippen MR) is 68.1 cm³/mol. The normalized spacial score (nSPS) is 27.2. The highest BCUT2D eigenvalue weighted by molar-refractivity contribution is 7.91. The zero-order valence-corrected chi connectivity index (χ0v) is 11.2. The molecule has 2 unspecified atom stereocenters. The van der Waals surface area contributed by atoms with Gasteiger partial charge in [-0.15, -0.1) is 0 Å². The monoisotopic (exact) mass is 289 g/mol. The lowest BCUT2D eigenvalue weighted by molar-refractivity contribution is 0.0735. The van der Waals surface area contributed by atoms with Crippen LogP contribution in [-0.4, -0.2) is 37.2 Å². The number of halogens is 1. The van der Waals surface area contributed by atoms with Gasteiger partial charge in [0.05, 0.1) is 11.5 Å². The molecule has 0 radical (unpaired) electrons. The summed E-state index contributed by atoms with van der Waals surface area (Å²) in [5.41, 5.74) is 5.94. The number of hydrogen-bond acceptors (Lipinski definition) is 5. The van der Waals surface area contributed by atoms with Crippen molar-refractivity contribution < 1.29 is 22.7 Å². The van der Waals surface area contributed by atoms with E-state index in [1.807, 2.05) is 0 Å². The summed E-state index contributed by atoms with van der Waals surface area (Å²) >= 11 is 0. The van der Waals surface area contributed by atoms with Crippen LogP contribution in [0.4, 0.5) is 4.39 Å². The molecule has 1 saturated heterocycles. The maximum absolute atomic E-state index is 13.7. The predicted octanol–water partition coefficient (Wildman–Crippen LogP) is 0.382. The molecule has 1 aromatic carbocycles. The van der Waals surface area contributed by atoms with Crippen LogP contribution in [0.1, 0.15) is 18.5 Å². The van der Waals surface area contributed by atoms with Crippen molar-refractivity contribution >= 4 is 9.84 Å². The molecular weight excluding hydrogens is 273 g/mol. The summed E-state index contributed by atoms with van der Waals surface area (Å²) in [6.45, 7) is 1.66. The molecule has 1 heterocycles. The van der Waals surface area contributed by atoms with Crippen molar-refractivity contribution in [3.63, 3.8) is 0 Å². The van der Waals surface area contributed by atoms with Gasteiger partial charge in [-0.05, 0) is 13.0 Å². The minimum absolute atomic E-state index is 0.183. The smallest absolute Gasteiger partial charge is 0.156 e. The van der Waals surface area contributed by atoms with Crippen LogP contribution in [0.15, 0.2) is 18.2 Å². The second-order valence-corrected chi connectivity index (χ2v) is 6.93. The van der Waals surface area contributed by atoms with Gasteiger partial charge in [0.25, 0.3) is 0 Å². The van der Waals surface area contributed by atoms with Crippen LogP contribution in [0.5, 0.6) is 5.75 Å². The van der Waals surface area contributed by atoms with Crippen molar-refractivity contribution in [2.75, 3.05) is 11.5 Å². The van der Waals surface area contributed by atoms with E-state index in [0.717, 1.165) is 6.07 Å². The molecule has 0 saturated carbocycles. The number of aliphatic hydroxyl groups excluding tert-OH is 1. The third-order valence-electron chi connectivity index (χ3n) is 3.02. The van der Waals surface area contributed by atoms with Gasteiger partial charge in [-0.3, -0.25) is 0 Å². The zero-order valence-electron chi connectivity index (χ0n) is 10.4. The molecule has 0 aliphatic carbocycles. The molecule has 0 bridgehead atoms. The fourth-order valence-electron chi connectivity index (χ4n) is 2.03. The molecule has 1 aliphatic rings. The minimum atomic E-state index is -3.29. The number of ether oxygens (including phenoxy) is 1. The number of aliphatic hydroxyl groups is 1. The van der Waals surface area contributed by atoms with Gasteiger partial charge in [-0.1, -0.05) is 6.07 Å². The van der Waals surface area contributed by atoms with E-state index in [1.165, 1.54) is 12.1 Å². The first kappa shape index (κ1) is 14.2. The lowest BCUT2D eigenvalue weighted by atomic mass is 10.1. The van der Waals surface area contributed by atoms with Crippen LogP contribution < -0.4 is 10.5 Å². The van der Waals surface area contributed by atoms with Gasteiger partial charge < -0.3 is 15.6 Å². The fraction of sp³-hybridized carbons (Fsp3) is 0.500. The lowest BCUT2D eigenvalue weighted by Gasteiger charge is -2.16. The first-order valence-electron chi connectivity index (χ1n) is 5.88. The van der Waals surface area contributed by atoms with Crippen LogP contribution in [0.2, 0.25) is 0 Å². The second-order valence-electron chi connectivity index (χ2n) is 4.77. The summed E-state index contributed by atoms with van der Waals surface area (Å²) in [5.74, 6) is -0.908. The largest absolute Gasteiger partial charge is 0.487 e. The summed E-state index contributed by atoms with van der Waals surface area (Å²) in [5, 5.41) is 9.58. The summed E-state index contributed by atoms with van der Waals surface area (Å²) in [7, 11) is -3.29. The summed E-state index contributed by atoms with van der Waals surface area (Å²) in [4.78, 5) is 0. The van der Waals surface area contributed by atoms with Crippen LogP contribution in [-0.2, 0) is 9.84 Å². The Kier molecular flexibility index (Phi) is 3.80. The van der Waals surface area contributed by atoms with E-state index in [9.17, 15) is 17.9 Å². The van der Waals surface area contributed by atoms with Gasteiger partial charge in [-0.25, -0.2) is 12.8 Å². The summed E-state index contributed by atoms with van der Waals surface area (Å²) in [6, 6.07) is 3.72. The van der Waals surface area contributed by atoms with E-state index < -0.39 is 33.9 Å². The van der Waals surface area contributed by atoms with Crippen molar-refractivity contribution in [2.24, 2.45) is 5.73 Å². The average molecular weight is 289 g/mol. The van der Waals surface area contributed by atoms with E-state index >= 15 is 0 Å². The molecule has 0 amide bonds. The van der Waals surface area contributed by atoms with E-state index in [2.05, 4.69) is 0 Å². The quantitative estimate of drug-likeness (QED) is 0.840. The van der Waals surface area contributed by atoms with Gasteiger partial charge in [0.2, 0.25) is 0 Å². The van der Waals surface area contributed by atoms with Crippen molar-refractivity contribution in [2.45, 2.75) is 25.2 Å². The Labute approximate surface area is 111 Å². The molecule has 0 spiro atoms. The number of sulfone groups is 1. The third-order valence-corrected chi connectivity index (χ3v) is 4.71. The Hall–Kier alpha value is -1.18. The van der Waals surface area contributed by atoms with E-state index in [1.54, 1.807) is 6.92 Å². The van der Waals surface area contributed by atoms with Crippen LogP contribution in [0.3, 0.4) is 0 Å². The summed E-state index contributed by atoms with van der Waals surface area (Å²) in [6.07, 6.45) is -1.94. The molecule has 2 rings (SSSR count). The molecule has 3 atom stereocenters. The van der Waals surface area contributed by atoms with Gasteiger partial charge in [-0.2, -0.15) is 0 Å². The number of rotatable bonds is 3. The van der Waals surface area contributed by atoms with E-state index in [-0.39, 0.29) is 17.3 Å². The highest BCUT2D eigenvalue weighted by Crippen LogP contribution is 2.24. The molecule has 1 fully saturated rings. The lowest BCUT2D eigenvalue weighted by Crippen LogP contribution is -2.29. The highest BCUT2D eigenvalue weighted by atomic mass is 32.2. The Morgan fingerprint density at radius 1 is 1.47 bits per heavy atom. The molecule has 1 aliphatic heterocycles. The molecule has 1 aromatic rings. The van der Waals surface area contributed by atoms with E-state index in [4.69, 9.17) is 10.5 Å². The van der Waals surface area contributed by atoms with Crippen molar-refractivity contribution in [1.29, 1.82) is 0 Å². The van der Waals surface area contributed by atoms with E-state index in [0.29, 0.717) is 5.56 Å². The second kappa shape index (κ2) is 5.07. The molecule has 7 heteroatoms. The standard InChI is InChI=1S/C12H16FNO4S/c1-7(14)9-3-2-8(4-10(9)13)18-12-6-19(16,17)5-11(12)15/h2-4,7,11-12,15H,5-6,14H2,1H3/t7-,11?,12?/m1/s1. The molecule has 3 N–H and O–H groups in total. The van der Waals surface area contributed by atoms with Crippen molar-refractivity contribution in [3.8, 4) is 5.75 Å². The van der Waals surface area contributed by atoms with Gasteiger partial charge in [0.15, 0.2) is 9.84 Å². The first-order valence-corrected chi connectivity index (χ1v) is 7.71. The Balaban J connectivity index is 2.14. The Morgan fingerprint density at radius 2 is 2.16 bits per heavy atom. The number of hydrogen-bond donors (Lipinski definition) is 2. The fourth-order valence-corrected chi connectivity index (χ4v) is 3.70. The van der Waals surface area contributed by atoms with Crippen LogP contribution in [0.25, 0.3) is 0 Å². The molecule has 5 nitrogen and oxygen atoms in total. The first-order chi connectivity index (χ1) is 8.78. The minimum Gasteiger partial charge on any atom is -0.487 e. The molecule has 0 aromatic heterocycles. The maximum Gasteiger partial charge on any atom is 0.156 e. The molecule has 106 valence electrons. The topological polar surface area (TPSA) is 89.6 Å². The highest BCUT2D eigenvalue weighted by Gasteiger charge is 2.38. The number of benzene rings is 1. The summed E-state index contributed by atoms with van der Waals surface area (Å²) < 4.78 is 41.7. The van der Waals surface area contributed by atoms with Crippen LogP contribution in [0, 0.1) is 5.82 Å². The van der Waals surface area contributed by atoms with Gasteiger partial charge in [0, 0.05) is 17.7 Å². The SMILES string of the molecule is C[C@@H](N)c1ccc(OC2CS(=O)(=O)CC2O)cc1F. The van der Waals surface area contributed by atoms with Crippen LogP contribution >= 0.6 is 0 Å². The third kappa shape index (κ3) is 3.23. The van der Waals surface area contributed by atoms with Gasteiger partial charge >= 0.3 is 0 Å². The Bertz CT molecular complexity index is 573. The van der Waals surface area contributed by atoms with Gasteiger partial charge in [0.1, 0.15) is 23.8 Å². The average Bonchev–Trinajstić information content (AvgIpc) is 2.51. The molecular formula is C12H16FNO4S. The zero-order chi connectivity index (χ0) is 14.2. The Morgan fingerprint density at radius 3 is 2.63 bits per heavy atom.